The van der Waals surface area contributed by atoms with Gasteiger partial charge in [0.15, 0.2) is 0 Å². The molecule has 2 aliphatic heterocycles. The molecule has 4 aromatic heterocycles. The standard InChI is InChI=1S/C23H22ClFN6.C17H9BrClFN4.C6H14N2/c1-30(2)17-7-8-31(13-17)18-10-15-9-14(3-6-21(15)26-12-18)22-23(28-29-27-22)19-11-16(24)4-5-20(19)25;18-11-6-10-5-9(1-4-15(10)21-8-11)16-17(23-24-22-16)13-7-12(19)2-3-14(13)20;1-8(2)6-3-4-7-5-6/h3-6,9-12,17H,7-8,13H2,1-2H3,(H,27,28,29);1-8H,(H,22,23,24);6-7H,3-5H2,1-2H3/t17-;;6-/m0.0/s1. The van der Waals surface area contributed by atoms with Crippen molar-refractivity contribution in [2.45, 2.75) is 24.9 Å². The lowest BCUT2D eigenvalue weighted by Gasteiger charge is -2.21. The molecule has 0 aliphatic carbocycles. The molecule has 0 saturated carbocycles. The molecule has 63 heavy (non-hydrogen) atoms. The van der Waals surface area contributed by atoms with Gasteiger partial charge in [-0.05, 0) is 136 Å². The van der Waals surface area contributed by atoms with Crippen molar-refractivity contribution < 1.29 is 8.78 Å². The van der Waals surface area contributed by atoms with E-state index in [9.17, 15) is 8.78 Å². The number of nitrogens with one attached hydrogen (secondary N) is 3. The number of likely N-dealkylation sites (N-methyl/N-ethyl adjacent to an activating group) is 2. The van der Waals surface area contributed by atoms with Crippen molar-refractivity contribution in [3.63, 3.8) is 0 Å². The van der Waals surface area contributed by atoms with Gasteiger partial charge in [-0.1, -0.05) is 35.3 Å². The molecule has 12 nitrogen and oxygen atoms in total. The SMILES string of the molecule is CN(C)[C@H]1CCN(c2cnc3ccc(-c4n[nH]nc4-c4cc(Cl)ccc4F)cc3c2)C1.CN(C)[C@H]1CCNC1.Fc1ccc(Cl)cc1-c1n[nH]nc1-c1ccc2ncc(Br)cc2c1. The number of H-pyrrole nitrogens is 2. The highest BCUT2D eigenvalue weighted by molar-refractivity contribution is 9.10. The van der Waals surface area contributed by atoms with Gasteiger partial charge in [0, 0.05) is 85.5 Å². The molecule has 8 aromatic rings. The van der Waals surface area contributed by atoms with E-state index in [1.807, 2.05) is 48.7 Å². The predicted octanol–water partition coefficient (Wildman–Crippen LogP) is 9.77. The van der Waals surface area contributed by atoms with E-state index in [1.165, 1.54) is 49.8 Å². The first-order valence-electron chi connectivity index (χ1n) is 20.4. The summed E-state index contributed by atoms with van der Waals surface area (Å²) in [4.78, 5) is 15.9. The lowest BCUT2D eigenvalue weighted by Crippen LogP contribution is -2.31. The molecule has 2 aliphatic rings. The lowest BCUT2D eigenvalue weighted by atomic mass is 10.0. The van der Waals surface area contributed by atoms with Crippen molar-refractivity contribution in [1.82, 2.24) is 55.9 Å². The number of halogens is 5. The maximum absolute atomic E-state index is 14.4. The minimum atomic E-state index is -0.403. The van der Waals surface area contributed by atoms with Crippen LogP contribution in [0, 0.1) is 11.6 Å². The molecule has 6 heterocycles. The maximum atomic E-state index is 14.4. The van der Waals surface area contributed by atoms with Crippen molar-refractivity contribution in [2.24, 2.45) is 0 Å². The van der Waals surface area contributed by atoms with Gasteiger partial charge in [-0.25, -0.2) is 8.78 Å². The summed E-state index contributed by atoms with van der Waals surface area (Å²) in [5, 5.41) is 28.1. The number of rotatable bonds is 7. The van der Waals surface area contributed by atoms with Gasteiger partial charge < -0.3 is 20.0 Å². The van der Waals surface area contributed by atoms with Gasteiger partial charge in [-0.3, -0.25) is 9.97 Å². The number of hydrogen-bond acceptors (Lipinski definition) is 10. The molecule has 0 spiro atoms. The average Bonchev–Trinajstić information content (AvgIpc) is 4.13. The van der Waals surface area contributed by atoms with Gasteiger partial charge in [0.2, 0.25) is 0 Å². The summed E-state index contributed by atoms with van der Waals surface area (Å²) in [6, 6.07) is 25.8. The number of fused-ring (bicyclic) bond motifs is 2. The predicted molar refractivity (Wildman–Crippen MR) is 252 cm³/mol. The molecule has 0 bridgehead atoms. The summed E-state index contributed by atoms with van der Waals surface area (Å²) in [6.45, 7) is 4.37. The van der Waals surface area contributed by atoms with E-state index in [2.05, 4.69) is 111 Å². The van der Waals surface area contributed by atoms with Crippen LogP contribution in [0.1, 0.15) is 12.8 Å². The number of benzene rings is 4. The Balaban J connectivity index is 0.000000150. The van der Waals surface area contributed by atoms with Crippen LogP contribution in [-0.4, -0.2) is 117 Å². The van der Waals surface area contributed by atoms with Crippen LogP contribution < -0.4 is 10.2 Å². The Bertz CT molecular complexity index is 2860. The topological polar surface area (TPSA) is 131 Å². The summed E-state index contributed by atoms with van der Waals surface area (Å²) < 4.78 is 29.5. The van der Waals surface area contributed by atoms with Crippen molar-refractivity contribution >= 4 is 66.6 Å². The molecular weight excluding hydrogens is 909 g/mol. The minimum Gasteiger partial charge on any atom is -0.369 e. The van der Waals surface area contributed by atoms with Gasteiger partial charge in [-0.2, -0.15) is 30.8 Å². The van der Waals surface area contributed by atoms with Crippen LogP contribution in [0.4, 0.5) is 14.5 Å². The van der Waals surface area contributed by atoms with Gasteiger partial charge in [0.25, 0.3) is 0 Å². The number of pyridine rings is 2. The van der Waals surface area contributed by atoms with E-state index in [-0.39, 0.29) is 0 Å². The highest BCUT2D eigenvalue weighted by atomic mass is 79.9. The van der Waals surface area contributed by atoms with Crippen LogP contribution in [0.5, 0.6) is 0 Å². The molecule has 2 fully saturated rings. The second-order valence-corrected chi connectivity index (χ2v) is 17.7. The molecule has 0 radical (unpaired) electrons. The van der Waals surface area contributed by atoms with Crippen LogP contribution >= 0.6 is 39.1 Å². The number of aromatic nitrogens is 8. The molecular formula is C46H45BrCl2F2N12. The van der Waals surface area contributed by atoms with E-state index >= 15 is 0 Å². The van der Waals surface area contributed by atoms with Crippen LogP contribution in [0.2, 0.25) is 10.0 Å². The quantitative estimate of drug-likeness (QED) is 0.142. The number of nitrogens with zero attached hydrogens (tertiary/aromatic N) is 9. The van der Waals surface area contributed by atoms with E-state index in [0.717, 1.165) is 68.6 Å². The summed E-state index contributed by atoms with van der Waals surface area (Å²) in [7, 11) is 8.52. The van der Waals surface area contributed by atoms with Gasteiger partial charge >= 0.3 is 0 Å². The Morgan fingerprint density at radius 1 is 0.635 bits per heavy atom. The second-order valence-electron chi connectivity index (χ2n) is 15.9. The molecule has 3 N–H and O–H groups in total. The Morgan fingerprint density at radius 3 is 1.68 bits per heavy atom. The molecule has 0 amide bonds. The third-order valence-electron chi connectivity index (χ3n) is 11.3. The van der Waals surface area contributed by atoms with Crippen molar-refractivity contribution in [2.75, 3.05) is 59.3 Å². The lowest BCUT2D eigenvalue weighted by molar-refractivity contribution is 0.313. The largest absolute Gasteiger partial charge is 0.369 e. The molecule has 4 aromatic carbocycles. The van der Waals surface area contributed by atoms with Gasteiger partial charge in [-0.15, -0.1) is 0 Å². The maximum Gasteiger partial charge on any atom is 0.132 e. The van der Waals surface area contributed by atoms with Gasteiger partial charge in [0.1, 0.15) is 34.4 Å². The summed E-state index contributed by atoms with van der Waals surface area (Å²) in [5.74, 6) is -0.798. The van der Waals surface area contributed by atoms with Crippen LogP contribution in [-0.2, 0) is 0 Å². The van der Waals surface area contributed by atoms with E-state index < -0.39 is 11.6 Å². The zero-order chi connectivity index (χ0) is 44.2. The monoisotopic (exact) mass is 952 g/mol. The number of aromatic amines is 2. The molecule has 324 valence electrons. The molecule has 10 rings (SSSR count). The molecule has 0 unspecified atom stereocenters. The number of anilines is 1. The van der Waals surface area contributed by atoms with E-state index in [1.54, 1.807) is 12.3 Å². The second kappa shape index (κ2) is 19.5. The third-order valence-corrected chi connectivity index (χ3v) is 12.3. The Hall–Kier alpha value is -5.42. The van der Waals surface area contributed by atoms with Crippen molar-refractivity contribution in [1.29, 1.82) is 0 Å². The Labute approximate surface area is 382 Å². The van der Waals surface area contributed by atoms with E-state index in [4.69, 9.17) is 23.2 Å². The minimum absolute atomic E-state index is 0.304. The first-order chi connectivity index (χ1) is 30.4. The smallest absolute Gasteiger partial charge is 0.132 e. The van der Waals surface area contributed by atoms with Crippen molar-refractivity contribution in [3.8, 4) is 45.0 Å². The highest BCUT2D eigenvalue weighted by Gasteiger charge is 2.25. The van der Waals surface area contributed by atoms with Crippen molar-refractivity contribution in [3.05, 3.63) is 123 Å². The first-order valence-corrected chi connectivity index (χ1v) is 21.9. The van der Waals surface area contributed by atoms with Crippen LogP contribution in [0.3, 0.4) is 0 Å². The summed E-state index contributed by atoms with van der Waals surface area (Å²) >= 11 is 15.5. The fraction of sp³-hybridized carbons (Fsp3) is 0.261. The third kappa shape index (κ3) is 10.2. The Kier molecular flexibility index (Phi) is 13.7. The fourth-order valence-corrected chi connectivity index (χ4v) is 8.46. The molecule has 2 saturated heterocycles. The summed E-state index contributed by atoms with van der Waals surface area (Å²) in [5.41, 5.74) is 7.10. The summed E-state index contributed by atoms with van der Waals surface area (Å²) in [6.07, 6.45) is 6.12. The molecule has 17 heteroatoms. The zero-order valence-corrected chi connectivity index (χ0v) is 38.1. The average molecular weight is 955 g/mol. The molecule has 2 atom stereocenters. The van der Waals surface area contributed by atoms with Gasteiger partial charge in [0.05, 0.1) is 22.9 Å². The zero-order valence-electron chi connectivity index (χ0n) is 35.0. The normalized spacial score (nSPS) is 16.1. The van der Waals surface area contributed by atoms with E-state index in [0.29, 0.717) is 50.0 Å². The first kappa shape index (κ1) is 44.2. The van der Waals surface area contributed by atoms with Crippen LogP contribution in [0.15, 0.2) is 102 Å². The highest BCUT2D eigenvalue weighted by Crippen LogP contribution is 2.35. The Morgan fingerprint density at radius 2 is 1.17 bits per heavy atom. The number of hydrogen-bond donors (Lipinski definition) is 3. The van der Waals surface area contributed by atoms with Crippen LogP contribution in [0.25, 0.3) is 66.8 Å². The fourth-order valence-electron chi connectivity index (χ4n) is 7.77.